The first kappa shape index (κ1) is 9.86. The van der Waals surface area contributed by atoms with Crippen molar-refractivity contribution in [1.29, 1.82) is 0 Å². The number of nitrogens with zero attached hydrogens (tertiary/aromatic N) is 1. The average molecular weight is 189 g/mol. The molecule has 0 aromatic carbocycles. The van der Waals surface area contributed by atoms with Gasteiger partial charge in [0.1, 0.15) is 0 Å². The Labute approximate surface area is 77.1 Å². The van der Waals surface area contributed by atoms with Crippen LogP contribution in [0.4, 0.5) is 0 Å². The van der Waals surface area contributed by atoms with Gasteiger partial charge < -0.3 is 10.0 Å². The summed E-state index contributed by atoms with van der Waals surface area (Å²) in [7, 11) is 0. The summed E-state index contributed by atoms with van der Waals surface area (Å²) in [5.41, 5.74) is 0. The molecule has 3 nitrogen and oxygen atoms in total. The molecule has 0 spiro atoms. The Morgan fingerprint density at radius 1 is 1.83 bits per heavy atom. The number of aliphatic hydroxyl groups is 1. The van der Waals surface area contributed by atoms with Gasteiger partial charge in [0.2, 0.25) is 5.91 Å². The van der Waals surface area contributed by atoms with Crippen LogP contribution in [0.3, 0.4) is 0 Å². The molecular formula is C8H15NO2S. The van der Waals surface area contributed by atoms with E-state index in [1.165, 1.54) is 0 Å². The van der Waals surface area contributed by atoms with Gasteiger partial charge in [-0.2, -0.15) is 0 Å². The van der Waals surface area contributed by atoms with Gasteiger partial charge >= 0.3 is 0 Å². The van der Waals surface area contributed by atoms with Crippen molar-refractivity contribution in [3.8, 4) is 0 Å². The number of amides is 1. The van der Waals surface area contributed by atoms with Crippen LogP contribution in [0.25, 0.3) is 0 Å². The maximum atomic E-state index is 11.3. The first-order valence-electron chi connectivity index (χ1n) is 4.16. The molecule has 0 radical (unpaired) electrons. The normalized spacial score (nSPS) is 27.4. The van der Waals surface area contributed by atoms with Crippen LogP contribution in [0.15, 0.2) is 0 Å². The first-order valence-corrected chi connectivity index (χ1v) is 5.32. The summed E-state index contributed by atoms with van der Waals surface area (Å²) in [5.74, 6) is 1.70. The number of rotatable bonds is 2. The lowest BCUT2D eigenvalue weighted by Crippen LogP contribution is -2.47. The standard InChI is InChI=1S/C8H15NO2S/c1-6-4-12-5-8(11)9(6)3-7(2)10/h6-7,10H,3-5H2,1-2H3. The van der Waals surface area contributed by atoms with Crippen LogP contribution in [0, 0.1) is 0 Å². The van der Waals surface area contributed by atoms with E-state index in [2.05, 4.69) is 0 Å². The predicted molar refractivity (Wildman–Crippen MR) is 50.2 cm³/mol. The molecule has 2 unspecified atom stereocenters. The van der Waals surface area contributed by atoms with Crippen molar-refractivity contribution in [2.75, 3.05) is 18.1 Å². The molecule has 70 valence electrons. The molecule has 1 amide bonds. The van der Waals surface area contributed by atoms with Gasteiger partial charge in [-0.3, -0.25) is 4.79 Å². The van der Waals surface area contributed by atoms with E-state index in [0.29, 0.717) is 12.3 Å². The first-order chi connectivity index (χ1) is 5.61. The lowest BCUT2D eigenvalue weighted by atomic mass is 10.2. The minimum Gasteiger partial charge on any atom is -0.392 e. The molecule has 0 bridgehead atoms. The Morgan fingerprint density at radius 3 is 3.00 bits per heavy atom. The van der Waals surface area contributed by atoms with Gasteiger partial charge in [-0.05, 0) is 13.8 Å². The van der Waals surface area contributed by atoms with Crippen molar-refractivity contribution in [3.05, 3.63) is 0 Å². The highest BCUT2D eigenvalue weighted by atomic mass is 32.2. The van der Waals surface area contributed by atoms with Crippen molar-refractivity contribution < 1.29 is 9.90 Å². The summed E-state index contributed by atoms with van der Waals surface area (Å²) in [4.78, 5) is 13.1. The summed E-state index contributed by atoms with van der Waals surface area (Å²) >= 11 is 1.67. The highest BCUT2D eigenvalue weighted by Gasteiger charge is 2.25. The largest absolute Gasteiger partial charge is 0.392 e. The van der Waals surface area contributed by atoms with Crippen molar-refractivity contribution in [3.63, 3.8) is 0 Å². The predicted octanol–water partition coefficient (Wildman–Crippen LogP) is 0.331. The third-order valence-electron chi connectivity index (χ3n) is 1.90. The second-order valence-corrected chi connectivity index (χ2v) is 4.29. The fourth-order valence-corrected chi connectivity index (χ4v) is 2.28. The molecule has 1 heterocycles. The molecule has 0 saturated carbocycles. The minimum absolute atomic E-state index is 0.152. The number of β-amino-alcohol motifs (C(OH)–C–C–N with tert-alkyl or cyclic N) is 1. The number of carbonyl (C=O) groups excluding carboxylic acids is 1. The van der Waals surface area contributed by atoms with E-state index in [1.807, 2.05) is 6.92 Å². The van der Waals surface area contributed by atoms with E-state index in [1.54, 1.807) is 23.6 Å². The number of hydrogen-bond donors (Lipinski definition) is 1. The topological polar surface area (TPSA) is 40.5 Å². The van der Waals surface area contributed by atoms with Gasteiger partial charge in [0.25, 0.3) is 0 Å². The molecule has 1 rings (SSSR count). The van der Waals surface area contributed by atoms with Crippen LogP contribution in [0.1, 0.15) is 13.8 Å². The Morgan fingerprint density at radius 2 is 2.50 bits per heavy atom. The molecule has 1 aliphatic rings. The second kappa shape index (κ2) is 4.14. The van der Waals surface area contributed by atoms with E-state index >= 15 is 0 Å². The van der Waals surface area contributed by atoms with Gasteiger partial charge in [0.05, 0.1) is 11.9 Å². The third-order valence-corrected chi connectivity index (χ3v) is 3.07. The monoisotopic (exact) mass is 189 g/mol. The lowest BCUT2D eigenvalue weighted by molar-refractivity contribution is -0.131. The summed E-state index contributed by atoms with van der Waals surface area (Å²) in [6.45, 7) is 4.20. The maximum absolute atomic E-state index is 11.3. The van der Waals surface area contributed by atoms with Crippen LogP contribution in [0.2, 0.25) is 0 Å². The molecule has 0 aromatic heterocycles. The second-order valence-electron chi connectivity index (χ2n) is 3.26. The molecule has 1 fully saturated rings. The molecule has 1 aliphatic heterocycles. The Balaban J connectivity index is 2.51. The molecule has 1 saturated heterocycles. The average Bonchev–Trinajstić information content (AvgIpc) is 1.97. The van der Waals surface area contributed by atoms with Gasteiger partial charge in [-0.25, -0.2) is 0 Å². The summed E-state index contributed by atoms with van der Waals surface area (Å²) in [6.07, 6.45) is -0.417. The van der Waals surface area contributed by atoms with Crippen LogP contribution in [-0.2, 0) is 4.79 Å². The summed E-state index contributed by atoms with van der Waals surface area (Å²) < 4.78 is 0. The highest BCUT2D eigenvalue weighted by Crippen LogP contribution is 2.17. The van der Waals surface area contributed by atoms with Crippen molar-refractivity contribution in [2.45, 2.75) is 26.0 Å². The van der Waals surface area contributed by atoms with Crippen LogP contribution in [-0.4, -0.2) is 46.1 Å². The van der Waals surface area contributed by atoms with Crippen LogP contribution >= 0.6 is 11.8 Å². The number of carbonyl (C=O) groups is 1. The fraction of sp³-hybridized carbons (Fsp3) is 0.875. The van der Waals surface area contributed by atoms with E-state index in [4.69, 9.17) is 5.11 Å². The third kappa shape index (κ3) is 2.38. The Kier molecular flexibility index (Phi) is 3.40. The zero-order chi connectivity index (χ0) is 9.14. The number of thioether (sulfide) groups is 1. The van der Waals surface area contributed by atoms with E-state index < -0.39 is 6.10 Å². The fourth-order valence-electron chi connectivity index (χ4n) is 1.30. The van der Waals surface area contributed by atoms with Crippen molar-refractivity contribution in [1.82, 2.24) is 4.90 Å². The molecule has 2 atom stereocenters. The summed E-state index contributed by atoms with van der Waals surface area (Å²) in [6, 6.07) is 0.269. The zero-order valence-electron chi connectivity index (χ0n) is 7.49. The Hall–Kier alpha value is -0.220. The van der Waals surface area contributed by atoms with Gasteiger partial charge in [0, 0.05) is 18.3 Å². The molecule has 1 N–H and O–H groups in total. The molecule has 4 heteroatoms. The molecule has 12 heavy (non-hydrogen) atoms. The van der Waals surface area contributed by atoms with Gasteiger partial charge in [-0.1, -0.05) is 0 Å². The number of hydrogen-bond acceptors (Lipinski definition) is 3. The zero-order valence-corrected chi connectivity index (χ0v) is 8.30. The molecular weight excluding hydrogens is 174 g/mol. The smallest absolute Gasteiger partial charge is 0.232 e. The van der Waals surface area contributed by atoms with E-state index in [0.717, 1.165) is 5.75 Å². The van der Waals surface area contributed by atoms with Crippen molar-refractivity contribution in [2.24, 2.45) is 0 Å². The van der Waals surface area contributed by atoms with Crippen molar-refractivity contribution >= 4 is 17.7 Å². The van der Waals surface area contributed by atoms with Crippen LogP contribution < -0.4 is 0 Å². The molecule has 0 aliphatic carbocycles. The maximum Gasteiger partial charge on any atom is 0.232 e. The quantitative estimate of drug-likeness (QED) is 0.680. The van der Waals surface area contributed by atoms with E-state index in [-0.39, 0.29) is 11.9 Å². The Bertz CT molecular complexity index is 172. The van der Waals surface area contributed by atoms with E-state index in [9.17, 15) is 4.79 Å². The van der Waals surface area contributed by atoms with Crippen LogP contribution in [0.5, 0.6) is 0 Å². The lowest BCUT2D eigenvalue weighted by Gasteiger charge is -2.33. The number of aliphatic hydroxyl groups excluding tert-OH is 1. The SMILES string of the molecule is CC(O)CN1C(=O)CSCC1C. The molecule has 0 aromatic rings. The summed E-state index contributed by atoms with van der Waals surface area (Å²) in [5, 5.41) is 9.14. The minimum atomic E-state index is -0.417. The van der Waals surface area contributed by atoms with Gasteiger partial charge in [0.15, 0.2) is 0 Å². The van der Waals surface area contributed by atoms with Gasteiger partial charge in [-0.15, -0.1) is 11.8 Å². The highest BCUT2D eigenvalue weighted by molar-refractivity contribution is 8.00.